The van der Waals surface area contributed by atoms with E-state index in [4.69, 9.17) is 4.74 Å². The Morgan fingerprint density at radius 2 is 1.61 bits per heavy atom. The van der Waals surface area contributed by atoms with Crippen molar-refractivity contribution in [1.29, 1.82) is 0 Å². The van der Waals surface area contributed by atoms with Crippen molar-refractivity contribution in [2.45, 2.75) is 6.18 Å². The molecule has 0 N–H and O–H groups in total. The predicted molar refractivity (Wildman–Crippen MR) is 65.6 cm³/mol. The van der Waals surface area contributed by atoms with Crippen molar-refractivity contribution < 1.29 is 35.9 Å². The highest BCUT2D eigenvalue weighted by molar-refractivity contribution is 5.58. The lowest BCUT2D eigenvalue weighted by Crippen LogP contribution is -2.07. The average molecular weight is 333 g/mol. The molecule has 0 atom stereocenters. The summed E-state index contributed by atoms with van der Waals surface area (Å²) in [4.78, 5) is 13.3. The Morgan fingerprint density at radius 1 is 1.00 bits per heavy atom. The Labute approximate surface area is 124 Å². The maximum atomic E-state index is 13.7. The number of hydrogen-bond donors (Lipinski definition) is 0. The summed E-state index contributed by atoms with van der Waals surface area (Å²) in [6.45, 7) is 0. The molecule has 0 saturated heterocycles. The molecule has 0 amide bonds. The molecule has 3 nitrogen and oxygen atoms in total. The van der Waals surface area contributed by atoms with Crippen molar-refractivity contribution in [2.75, 3.05) is 0 Å². The maximum absolute atomic E-state index is 13.7. The largest absolute Gasteiger partial charge is 0.449 e. The van der Waals surface area contributed by atoms with E-state index in [0.717, 1.165) is 24.3 Å². The zero-order chi connectivity index (χ0) is 17.2. The molecule has 0 saturated carbocycles. The van der Waals surface area contributed by atoms with Gasteiger partial charge in [0.1, 0.15) is 11.5 Å². The molecule has 0 aliphatic carbocycles. The first-order valence-electron chi connectivity index (χ1n) is 5.84. The molecule has 0 spiro atoms. The second kappa shape index (κ2) is 6.13. The summed E-state index contributed by atoms with van der Waals surface area (Å²) in [6, 6.07) is 2.57. The minimum atomic E-state index is -4.94. The van der Waals surface area contributed by atoms with Crippen molar-refractivity contribution in [3.05, 3.63) is 53.3 Å². The number of hydrogen-bond acceptors (Lipinski definition) is 3. The van der Waals surface area contributed by atoms with Crippen LogP contribution in [0.15, 0.2) is 35.3 Å². The number of alkyl halides is 3. The van der Waals surface area contributed by atoms with Crippen LogP contribution < -0.4 is 4.74 Å². The van der Waals surface area contributed by atoms with Crippen LogP contribution in [-0.4, -0.2) is 6.08 Å². The van der Waals surface area contributed by atoms with Gasteiger partial charge >= 0.3 is 6.18 Å². The SMILES string of the molecule is O=C=Nc1cc(F)ccc1Oc1c(F)cc(C(F)(F)F)cc1F. The Morgan fingerprint density at radius 3 is 2.13 bits per heavy atom. The summed E-state index contributed by atoms with van der Waals surface area (Å²) in [5, 5.41) is 0. The molecule has 0 radical (unpaired) electrons. The fourth-order valence-corrected chi connectivity index (χ4v) is 1.64. The van der Waals surface area contributed by atoms with Crippen molar-refractivity contribution in [2.24, 2.45) is 4.99 Å². The highest BCUT2D eigenvalue weighted by atomic mass is 19.4. The minimum Gasteiger partial charge on any atom is -0.449 e. The van der Waals surface area contributed by atoms with E-state index in [1.165, 1.54) is 0 Å². The lowest BCUT2D eigenvalue weighted by molar-refractivity contribution is -0.138. The molecular weight excluding hydrogens is 328 g/mol. The topological polar surface area (TPSA) is 38.7 Å². The molecule has 0 aromatic heterocycles. The molecule has 0 fully saturated rings. The first kappa shape index (κ1) is 16.6. The quantitative estimate of drug-likeness (QED) is 0.456. The van der Waals surface area contributed by atoms with Gasteiger partial charge in [-0.05, 0) is 24.3 Å². The van der Waals surface area contributed by atoms with Gasteiger partial charge in [-0.15, -0.1) is 0 Å². The third kappa shape index (κ3) is 3.70. The van der Waals surface area contributed by atoms with E-state index in [1.54, 1.807) is 0 Å². The first-order valence-corrected chi connectivity index (χ1v) is 5.84. The number of isocyanates is 1. The van der Waals surface area contributed by atoms with Gasteiger partial charge in [0, 0.05) is 6.07 Å². The number of rotatable bonds is 3. The zero-order valence-corrected chi connectivity index (χ0v) is 10.9. The van der Waals surface area contributed by atoms with Crippen LogP contribution >= 0.6 is 0 Å². The number of carbonyl (C=O) groups excluding carboxylic acids is 1. The van der Waals surface area contributed by atoms with Crippen LogP contribution in [0.4, 0.5) is 32.0 Å². The van der Waals surface area contributed by atoms with Crippen molar-refractivity contribution in [1.82, 2.24) is 0 Å². The second-order valence-corrected chi connectivity index (χ2v) is 4.18. The summed E-state index contributed by atoms with van der Waals surface area (Å²) >= 11 is 0. The standard InChI is InChI=1S/C14H5F6NO2/c15-8-1-2-12(11(5-8)21-6-22)23-13-9(16)3-7(4-10(13)17)14(18,19)20/h1-5H. The molecule has 120 valence electrons. The summed E-state index contributed by atoms with van der Waals surface area (Å²) in [6.07, 6.45) is -3.85. The van der Waals surface area contributed by atoms with Gasteiger partial charge in [-0.3, -0.25) is 0 Å². The van der Waals surface area contributed by atoms with E-state index in [-0.39, 0.29) is 12.1 Å². The molecule has 0 unspecified atom stereocenters. The summed E-state index contributed by atoms with van der Waals surface area (Å²) in [7, 11) is 0. The fraction of sp³-hybridized carbons (Fsp3) is 0.0714. The predicted octanol–water partition coefficient (Wildman–Crippen LogP) is 4.88. The van der Waals surface area contributed by atoms with E-state index in [1.807, 2.05) is 0 Å². The molecule has 2 aromatic carbocycles. The molecule has 0 heterocycles. The summed E-state index contributed by atoms with van der Waals surface area (Å²) in [5.41, 5.74) is -1.97. The molecule has 0 aliphatic rings. The summed E-state index contributed by atoms with van der Waals surface area (Å²) in [5.74, 6) is -5.65. The van der Waals surface area contributed by atoms with Gasteiger partial charge in [-0.2, -0.15) is 18.2 Å². The molecule has 9 heteroatoms. The van der Waals surface area contributed by atoms with Crippen LogP contribution in [0.1, 0.15) is 5.56 Å². The first-order chi connectivity index (χ1) is 10.7. The normalized spacial score (nSPS) is 11.0. The Balaban J connectivity index is 2.48. The Hall–Kier alpha value is -2.80. The van der Waals surface area contributed by atoms with Crippen LogP contribution in [0.2, 0.25) is 0 Å². The van der Waals surface area contributed by atoms with E-state index < -0.39 is 46.4 Å². The van der Waals surface area contributed by atoms with Crippen molar-refractivity contribution in [3.8, 4) is 11.5 Å². The van der Waals surface area contributed by atoms with Gasteiger partial charge < -0.3 is 4.74 Å². The van der Waals surface area contributed by atoms with E-state index in [2.05, 4.69) is 4.99 Å². The number of ether oxygens (including phenoxy) is 1. The zero-order valence-electron chi connectivity index (χ0n) is 10.9. The number of nitrogens with zero attached hydrogens (tertiary/aromatic N) is 1. The molecule has 2 aromatic rings. The third-order valence-electron chi connectivity index (χ3n) is 2.62. The van der Waals surface area contributed by atoms with Gasteiger partial charge in [0.25, 0.3) is 0 Å². The van der Waals surface area contributed by atoms with Gasteiger partial charge in [-0.1, -0.05) is 0 Å². The van der Waals surface area contributed by atoms with Crippen LogP contribution in [0.3, 0.4) is 0 Å². The maximum Gasteiger partial charge on any atom is 0.416 e. The molecule has 0 bridgehead atoms. The minimum absolute atomic E-state index is 0.0462. The lowest BCUT2D eigenvalue weighted by Gasteiger charge is -2.12. The van der Waals surface area contributed by atoms with Crippen LogP contribution in [-0.2, 0) is 11.0 Å². The molecule has 23 heavy (non-hydrogen) atoms. The molecule has 2 rings (SSSR count). The number of halogens is 6. The second-order valence-electron chi connectivity index (χ2n) is 4.18. The number of benzene rings is 2. The van der Waals surface area contributed by atoms with Crippen molar-refractivity contribution in [3.63, 3.8) is 0 Å². The van der Waals surface area contributed by atoms with E-state index in [9.17, 15) is 31.1 Å². The van der Waals surface area contributed by atoms with Crippen LogP contribution in [0, 0.1) is 17.5 Å². The smallest absolute Gasteiger partial charge is 0.416 e. The number of aliphatic imine (C=N–C) groups is 1. The van der Waals surface area contributed by atoms with Gasteiger partial charge in [-0.25, -0.2) is 18.0 Å². The van der Waals surface area contributed by atoms with Crippen LogP contribution in [0.5, 0.6) is 11.5 Å². The monoisotopic (exact) mass is 333 g/mol. The van der Waals surface area contributed by atoms with E-state index in [0.29, 0.717) is 0 Å². The van der Waals surface area contributed by atoms with Gasteiger partial charge in [0.05, 0.1) is 5.56 Å². The Bertz CT molecular complexity index is 773. The highest BCUT2D eigenvalue weighted by Crippen LogP contribution is 2.38. The fourth-order valence-electron chi connectivity index (χ4n) is 1.64. The molecular formula is C14H5F6NO2. The third-order valence-corrected chi connectivity index (χ3v) is 2.62. The van der Waals surface area contributed by atoms with Gasteiger partial charge in [0.15, 0.2) is 23.1 Å². The highest BCUT2D eigenvalue weighted by Gasteiger charge is 2.33. The van der Waals surface area contributed by atoms with Gasteiger partial charge in [0.2, 0.25) is 6.08 Å². The average Bonchev–Trinajstić information content (AvgIpc) is 2.44. The van der Waals surface area contributed by atoms with E-state index >= 15 is 0 Å². The Kier molecular flexibility index (Phi) is 4.42. The summed E-state index contributed by atoms with van der Waals surface area (Å²) < 4.78 is 82.5. The lowest BCUT2D eigenvalue weighted by atomic mass is 10.2. The van der Waals surface area contributed by atoms with Crippen molar-refractivity contribution >= 4 is 11.8 Å². The van der Waals surface area contributed by atoms with Crippen LogP contribution in [0.25, 0.3) is 0 Å². The molecule has 0 aliphatic heterocycles.